The molecule has 1 aromatic rings. The quantitative estimate of drug-likeness (QED) is 0.794. The molecular weight excluding hydrogens is 340 g/mol. The average Bonchev–Trinajstić information content (AvgIpc) is 2.65. The number of rotatable bonds is 7. The lowest BCUT2D eigenvalue weighted by Gasteiger charge is -2.70. The zero-order valence-electron chi connectivity index (χ0n) is 17.2. The number of aliphatic hydroxyl groups is 1. The molecule has 0 radical (unpaired) electrons. The van der Waals surface area contributed by atoms with Gasteiger partial charge in [0.05, 0.1) is 26.5 Å². The van der Waals surface area contributed by atoms with Crippen molar-refractivity contribution in [3.05, 3.63) is 23.8 Å². The smallest absolute Gasteiger partial charge is 0.161 e. The molecule has 5 heteroatoms. The van der Waals surface area contributed by atoms with Gasteiger partial charge in [0.25, 0.3) is 0 Å². The van der Waals surface area contributed by atoms with Gasteiger partial charge in [0.15, 0.2) is 11.5 Å². The SMILES string of the molecule is CCCC12CN3CC(CCC)(CN(C1)C3c1ccc(OC)c(OC)c1)C2O. The van der Waals surface area contributed by atoms with E-state index in [2.05, 4.69) is 35.8 Å². The first-order chi connectivity index (χ1) is 13.0. The molecule has 4 heterocycles. The summed E-state index contributed by atoms with van der Waals surface area (Å²) in [5, 5.41) is 11.4. The van der Waals surface area contributed by atoms with Gasteiger partial charge in [-0.2, -0.15) is 0 Å². The molecular formula is C22H34N2O3. The highest BCUT2D eigenvalue weighted by Crippen LogP contribution is 2.57. The standard InChI is InChI=1S/C22H34N2O3/c1-5-9-21-12-23-14-22(10-6-2,20(21)25)15-24(13-21)19(23)16-7-8-17(26-3)18(11-16)27-4/h7-8,11,19-20,25H,5-6,9-10,12-15H2,1-4H3. The van der Waals surface area contributed by atoms with Gasteiger partial charge in [0.1, 0.15) is 0 Å². The Morgan fingerprint density at radius 1 is 0.926 bits per heavy atom. The summed E-state index contributed by atoms with van der Waals surface area (Å²) in [5.74, 6) is 1.56. The van der Waals surface area contributed by atoms with Crippen molar-refractivity contribution in [1.82, 2.24) is 9.80 Å². The Balaban J connectivity index is 1.70. The molecule has 4 saturated heterocycles. The molecule has 0 atom stereocenters. The third-order valence-corrected chi connectivity index (χ3v) is 7.13. The summed E-state index contributed by atoms with van der Waals surface area (Å²) in [6, 6.07) is 6.31. The Bertz CT molecular complexity index is 650. The minimum absolute atomic E-state index is 0.0213. The van der Waals surface area contributed by atoms with Crippen LogP contribution in [0.15, 0.2) is 18.2 Å². The maximum absolute atomic E-state index is 11.4. The summed E-state index contributed by atoms with van der Waals surface area (Å²) in [7, 11) is 3.37. The van der Waals surface area contributed by atoms with Crippen LogP contribution in [0.5, 0.6) is 11.5 Å². The molecule has 1 N–H and O–H groups in total. The van der Waals surface area contributed by atoms with Crippen molar-refractivity contribution < 1.29 is 14.6 Å². The van der Waals surface area contributed by atoms with Crippen LogP contribution < -0.4 is 9.47 Å². The minimum atomic E-state index is -0.177. The molecule has 150 valence electrons. The van der Waals surface area contributed by atoms with Gasteiger partial charge in [-0.25, -0.2) is 0 Å². The van der Waals surface area contributed by atoms with Crippen LogP contribution in [0.1, 0.15) is 51.3 Å². The molecule has 4 aliphatic rings. The first-order valence-electron chi connectivity index (χ1n) is 10.4. The number of benzene rings is 1. The van der Waals surface area contributed by atoms with Crippen molar-refractivity contribution in [2.45, 2.75) is 51.8 Å². The van der Waals surface area contributed by atoms with Gasteiger partial charge in [-0.05, 0) is 30.5 Å². The lowest BCUT2D eigenvalue weighted by atomic mass is 9.56. The molecule has 5 rings (SSSR count). The third-order valence-electron chi connectivity index (χ3n) is 7.13. The zero-order valence-corrected chi connectivity index (χ0v) is 17.2. The predicted octanol–water partition coefficient (Wildman–Crippen LogP) is 3.28. The van der Waals surface area contributed by atoms with Crippen molar-refractivity contribution in [1.29, 1.82) is 0 Å². The molecule has 0 aliphatic carbocycles. The summed E-state index contributed by atoms with van der Waals surface area (Å²) < 4.78 is 11.0. The first kappa shape index (κ1) is 19.0. The first-order valence-corrected chi connectivity index (χ1v) is 10.4. The fraction of sp³-hybridized carbons (Fsp3) is 0.727. The number of methoxy groups -OCH3 is 2. The van der Waals surface area contributed by atoms with Crippen LogP contribution in [0, 0.1) is 10.8 Å². The van der Waals surface area contributed by atoms with Crippen molar-refractivity contribution in [2.24, 2.45) is 10.8 Å². The van der Waals surface area contributed by atoms with Gasteiger partial charge < -0.3 is 14.6 Å². The molecule has 4 bridgehead atoms. The van der Waals surface area contributed by atoms with Crippen LogP contribution in [0.3, 0.4) is 0 Å². The highest BCUT2D eigenvalue weighted by Gasteiger charge is 2.64. The lowest BCUT2D eigenvalue weighted by molar-refractivity contribution is -0.268. The third kappa shape index (κ3) is 2.78. The van der Waals surface area contributed by atoms with Gasteiger partial charge in [0.2, 0.25) is 0 Å². The topological polar surface area (TPSA) is 45.2 Å². The minimum Gasteiger partial charge on any atom is -0.493 e. The van der Waals surface area contributed by atoms with E-state index in [1.807, 2.05) is 6.07 Å². The number of nitrogens with zero attached hydrogens (tertiary/aromatic N) is 2. The van der Waals surface area contributed by atoms with Gasteiger partial charge in [-0.15, -0.1) is 0 Å². The molecule has 0 saturated carbocycles. The molecule has 0 spiro atoms. The van der Waals surface area contributed by atoms with Crippen molar-refractivity contribution >= 4 is 0 Å². The van der Waals surface area contributed by atoms with Gasteiger partial charge >= 0.3 is 0 Å². The number of aliphatic hydroxyl groups excluding tert-OH is 1. The maximum Gasteiger partial charge on any atom is 0.161 e. The molecule has 5 nitrogen and oxygen atoms in total. The fourth-order valence-corrected chi connectivity index (χ4v) is 6.42. The molecule has 0 amide bonds. The maximum atomic E-state index is 11.4. The van der Waals surface area contributed by atoms with Crippen LogP contribution >= 0.6 is 0 Å². The van der Waals surface area contributed by atoms with Crippen LogP contribution in [0.2, 0.25) is 0 Å². The van der Waals surface area contributed by atoms with E-state index < -0.39 is 0 Å². The van der Waals surface area contributed by atoms with E-state index in [4.69, 9.17) is 9.47 Å². The van der Waals surface area contributed by atoms with Gasteiger partial charge in [0, 0.05) is 37.0 Å². The average molecular weight is 375 g/mol. The predicted molar refractivity (Wildman–Crippen MR) is 106 cm³/mol. The summed E-state index contributed by atoms with van der Waals surface area (Å²) in [6.07, 6.45) is 4.55. The molecule has 4 aliphatic heterocycles. The second-order valence-corrected chi connectivity index (χ2v) is 8.93. The summed E-state index contributed by atoms with van der Waals surface area (Å²) >= 11 is 0. The molecule has 1 aromatic carbocycles. The van der Waals surface area contributed by atoms with Crippen LogP contribution in [-0.2, 0) is 0 Å². The molecule has 0 aromatic heterocycles. The van der Waals surface area contributed by atoms with Crippen molar-refractivity contribution in [2.75, 3.05) is 40.4 Å². The van der Waals surface area contributed by atoms with E-state index in [0.29, 0.717) is 0 Å². The highest BCUT2D eigenvalue weighted by molar-refractivity contribution is 5.44. The number of piperidine rings is 2. The van der Waals surface area contributed by atoms with Gasteiger partial charge in [-0.1, -0.05) is 32.8 Å². The monoisotopic (exact) mass is 374 g/mol. The van der Waals surface area contributed by atoms with Gasteiger partial charge in [-0.3, -0.25) is 9.80 Å². The Hall–Kier alpha value is -1.30. The normalized spacial score (nSPS) is 39.6. The van der Waals surface area contributed by atoms with E-state index in [0.717, 1.165) is 63.4 Å². The largest absolute Gasteiger partial charge is 0.493 e. The van der Waals surface area contributed by atoms with E-state index in [1.54, 1.807) is 14.2 Å². The Labute approximate surface area is 163 Å². The molecule has 0 unspecified atom stereocenters. The summed E-state index contributed by atoms with van der Waals surface area (Å²) in [6.45, 7) is 8.44. The Morgan fingerprint density at radius 3 is 1.89 bits per heavy atom. The summed E-state index contributed by atoms with van der Waals surface area (Å²) in [5.41, 5.74) is 1.31. The summed E-state index contributed by atoms with van der Waals surface area (Å²) in [4.78, 5) is 5.23. The second kappa shape index (κ2) is 6.94. The second-order valence-electron chi connectivity index (χ2n) is 8.93. The lowest BCUT2D eigenvalue weighted by Crippen LogP contribution is -2.78. The van der Waals surface area contributed by atoms with Crippen LogP contribution in [0.25, 0.3) is 0 Å². The number of ether oxygens (including phenoxy) is 2. The van der Waals surface area contributed by atoms with Crippen molar-refractivity contribution in [3.63, 3.8) is 0 Å². The molecule has 27 heavy (non-hydrogen) atoms. The number of hydrogen-bond acceptors (Lipinski definition) is 5. The van der Waals surface area contributed by atoms with E-state index in [-0.39, 0.29) is 23.1 Å². The van der Waals surface area contributed by atoms with E-state index in [9.17, 15) is 5.11 Å². The van der Waals surface area contributed by atoms with Crippen molar-refractivity contribution in [3.8, 4) is 11.5 Å². The highest BCUT2D eigenvalue weighted by atomic mass is 16.5. The van der Waals surface area contributed by atoms with E-state index >= 15 is 0 Å². The van der Waals surface area contributed by atoms with Crippen LogP contribution in [0.4, 0.5) is 0 Å². The fourth-order valence-electron chi connectivity index (χ4n) is 6.42. The zero-order chi connectivity index (χ0) is 19.2. The van der Waals surface area contributed by atoms with Crippen LogP contribution in [-0.4, -0.2) is 61.4 Å². The van der Waals surface area contributed by atoms with E-state index in [1.165, 1.54) is 5.56 Å². The number of hydrogen-bond donors (Lipinski definition) is 1. The molecule has 4 fully saturated rings. The Kier molecular flexibility index (Phi) is 4.90. The Morgan fingerprint density at radius 2 is 1.44 bits per heavy atom.